The average Bonchev–Trinajstić information content (AvgIpc) is 2.27. The van der Waals surface area contributed by atoms with Gasteiger partial charge in [0.05, 0.1) is 10.6 Å². The van der Waals surface area contributed by atoms with Gasteiger partial charge in [0.2, 0.25) is 5.91 Å². The first-order valence-corrected chi connectivity index (χ1v) is 4.90. The molecule has 84 valence electrons. The lowest BCUT2D eigenvalue weighted by atomic mass is 10.0. The standard InChI is InChI=1S/C10H11N3O3/c1-11-8-4-6-2-3-10(14)12-7(6)5-9(8)13(15)16/h4-5,11H,2-3H2,1H3,(H,12,14). The fourth-order valence-corrected chi connectivity index (χ4v) is 1.77. The van der Waals surface area contributed by atoms with Gasteiger partial charge in [-0.2, -0.15) is 0 Å². The maximum atomic E-state index is 11.2. The Bertz CT molecular complexity index is 471. The Morgan fingerprint density at radius 2 is 2.19 bits per heavy atom. The van der Waals surface area contributed by atoms with Crippen molar-refractivity contribution in [3.8, 4) is 0 Å². The highest BCUT2D eigenvalue weighted by Gasteiger charge is 2.21. The van der Waals surface area contributed by atoms with Crippen LogP contribution in [0.3, 0.4) is 0 Å². The zero-order valence-electron chi connectivity index (χ0n) is 8.74. The Morgan fingerprint density at radius 1 is 1.44 bits per heavy atom. The summed E-state index contributed by atoms with van der Waals surface area (Å²) in [5.41, 5.74) is 1.92. The lowest BCUT2D eigenvalue weighted by Gasteiger charge is -2.17. The Labute approximate surface area is 91.8 Å². The maximum absolute atomic E-state index is 11.2. The van der Waals surface area contributed by atoms with Gasteiger partial charge in [-0.05, 0) is 18.1 Å². The number of carbonyl (C=O) groups is 1. The Kier molecular flexibility index (Phi) is 2.47. The fraction of sp³-hybridized carbons (Fsp3) is 0.300. The van der Waals surface area contributed by atoms with E-state index in [2.05, 4.69) is 10.6 Å². The smallest absolute Gasteiger partial charge is 0.294 e. The van der Waals surface area contributed by atoms with E-state index in [0.29, 0.717) is 24.2 Å². The van der Waals surface area contributed by atoms with Gasteiger partial charge in [-0.3, -0.25) is 14.9 Å². The summed E-state index contributed by atoms with van der Waals surface area (Å²) in [7, 11) is 1.64. The number of benzene rings is 1. The molecule has 0 saturated carbocycles. The zero-order chi connectivity index (χ0) is 11.7. The molecule has 0 saturated heterocycles. The summed E-state index contributed by atoms with van der Waals surface area (Å²) in [5.74, 6) is -0.0981. The number of fused-ring (bicyclic) bond motifs is 1. The molecule has 0 spiro atoms. The molecule has 0 unspecified atom stereocenters. The number of nitrogens with zero attached hydrogens (tertiary/aromatic N) is 1. The highest BCUT2D eigenvalue weighted by molar-refractivity contribution is 5.95. The largest absolute Gasteiger partial charge is 0.383 e. The lowest BCUT2D eigenvalue weighted by Crippen LogP contribution is -2.19. The van der Waals surface area contributed by atoms with Crippen LogP contribution < -0.4 is 10.6 Å². The lowest BCUT2D eigenvalue weighted by molar-refractivity contribution is -0.383. The van der Waals surface area contributed by atoms with Gasteiger partial charge in [-0.1, -0.05) is 0 Å². The molecule has 1 aliphatic rings. The number of carbonyl (C=O) groups excluding carboxylic acids is 1. The Morgan fingerprint density at radius 3 is 2.81 bits per heavy atom. The highest BCUT2D eigenvalue weighted by atomic mass is 16.6. The van der Waals surface area contributed by atoms with E-state index >= 15 is 0 Å². The van der Waals surface area contributed by atoms with Crippen molar-refractivity contribution >= 4 is 23.0 Å². The molecule has 0 fully saturated rings. The number of amides is 1. The second kappa shape index (κ2) is 3.80. The van der Waals surface area contributed by atoms with Gasteiger partial charge in [-0.25, -0.2) is 0 Å². The van der Waals surface area contributed by atoms with Gasteiger partial charge < -0.3 is 10.6 Å². The first-order valence-electron chi connectivity index (χ1n) is 4.90. The summed E-state index contributed by atoms with van der Waals surface area (Å²) < 4.78 is 0. The van der Waals surface area contributed by atoms with Crippen molar-refractivity contribution < 1.29 is 9.72 Å². The Balaban J connectivity index is 2.52. The van der Waals surface area contributed by atoms with Crippen molar-refractivity contribution in [3.63, 3.8) is 0 Å². The number of anilines is 2. The topological polar surface area (TPSA) is 84.3 Å². The molecule has 0 radical (unpaired) electrons. The Hall–Kier alpha value is -2.11. The molecule has 1 heterocycles. The van der Waals surface area contributed by atoms with E-state index in [-0.39, 0.29) is 11.6 Å². The molecule has 2 N–H and O–H groups in total. The summed E-state index contributed by atoms with van der Waals surface area (Å²) in [4.78, 5) is 21.5. The van der Waals surface area contributed by atoms with Crippen LogP contribution >= 0.6 is 0 Å². The summed E-state index contributed by atoms with van der Waals surface area (Å²) in [5, 5.41) is 16.2. The van der Waals surface area contributed by atoms with E-state index in [0.717, 1.165) is 5.56 Å². The predicted octanol–water partition coefficient (Wildman–Crippen LogP) is 1.52. The van der Waals surface area contributed by atoms with Gasteiger partial charge >= 0.3 is 0 Å². The van der Waals surface area contributed by atoms with E-state index in [9.17, 15) is 14.9 Å². The van der Waals surface area contributed by atoms with Crippen LogP contribution in [0.25, 0.3) is 0 Å². The number of hydrogen-bond acceptors (Lipinski definition) is 4. The molecule has 1 aromatic carbocycles. The van der Waals surface area contributed by atoms with Gasteiger partial charge in [-0.15, -0.1) is 0 Å². The maximum Gasteiger partial charge on any atom is 0.294 e. The van der Waals surface area contributed by atoms with Gasteiger partial charge in [0.15, 0.2) is 0 Å². The van der Waals surface area contributed by atoms with Crippen molar-refractivity contribution in [3.05, 3.63) is 27.8 Å². The van der Waals surface area contributed by atoms with Crippen molar-refractivity contribution in [2.24, 2.45) is 0 Å². The van der Waals surface area contributed by atoms with Crippen LogP contribution in [0, 0.1) is 10.1 Å². The van der Waals surface area contributed by atoms with E-state index in [1.807, 2.05) is 0 Å². The van der Waals surface area contributed by atoms with Crippen molar-refractivity contribution in [2.45, 2.75) is 12.8 Å². The van der Waals surface area contributed by atoms with Crippen LogP contribution in [-0.4, -0.2) is 17.9 Å². The summed E-state index contributed by atoms with van der Waals surface area (Å²) in [6, 6.07) is 3.12. The molecule has 0 aromatic heterocycles. The molecular weight excluding hydrogens is 210 g/mol. The third kappa shape index (κ3) is 1.69. The normalized spacial score (nSPS) is 13.9. The minimum absolute atomic E-state index is 0.0246. The fourth-order valence-electron chi connectivity index (χ4n) is 1.77. The average molecular weight is 221 g/mol. The molecule has 1 aliphatic heterocycles. The molecule has 1 aromatic rings. The first-order chi connectivity index (χ1) is 7.61. The van der Waals surface area contributed by atoms with Crippen LogP contribution in [0.4, 0.5) is 17.1 Å². The molecule has 6 nitrogen and oxygen atoms in total. The van der Waals surface area contributed by atoms with E-state index in [4.69, 9.17) is 0 Å². The summed E-state index contributed by atoms with van der Waals surface area (Å²) in [6.07, 6.45) is 1.04. The second-order valence-electron chi connectivity index (χ2n) is 3.58. The number of hydrogen-bond donors (Lipinski definition) is 2. The third-order valence-corrected chi connectivity index (χ3v) is 2.58. The molecule has 0 atom stereocenters. The third-order valence-electron chi connectivity index (χ3n) is 2.58. The van der Waals surface area contributed by atoms with Crippen LogP contribution in [-0.2, 0) is 11.2 Å². The number of rotatable bonds is 2. The summed E-state index contributed by atoms with van der Waals surface area (Å²) >= 11 is 0. The molecule has 0 aliphatic carbocycles. The number of nitro benzene ring substituents is 1. The molecule has 2 rings (SSSR count). The predicted molar refractivity (Wildman–Crippen MR) is 59.6 cm³/mol. The van der Waals surface area contributed by atoms with E-state index < -0.39 is 4.92 Å². The number of nitrogens with one attached hydrogen (secondary N) is 2. The quantitative estimate of drug-likeness (QED) is 0.585. The van der Waals surface area contributed by atoms with Gasteiger partial charge in [0, 0.05) is 19.5 Å². The highest BCUT2D eigenvalue weighted by Crippen LogP contribution is 2.33. The van der Waals surface area contributed by atoms with Crippen LogP contribution in [0.15, 0.2) is 12.1 Å². The van der Waals surface area contributed by atoms with Crippen molar-refractivity contribution in [1.29, 1.82) is 0 Å². The van der Waals surface area contributed by atoms with Crippen LogP contribution in [0.5, 0.6) is 0 Å². The van der Waals surface area contributed by atoms with Gasteiger partial charge in [0.1, 0.15) is 5.69 Å². The molecule has 1 amide bonds. The van der Waals surface area contributed by atoms with E-state index in [1.54, 1.807) is 13.1 Å². The number of aryl methyl sites for hydroxylation is 1. The molecular formula is C10H11N3O3. The van der Waals surface area contributed by atoms with Crippen molar-refractivity contribution in [1.82, 2.24) is 0 Å². The monoisotopic (exact) mass is 221 g/mol. The summed E-state index contributed by atoms with van der Waals surface area (Å²) in [6.45, 7) is 0. The first kappa shape index (κ1) is 10.4. The minimum Gasteiger partial charge on any atom is -0.383 e. The molecule has 16 heavy (non-hydrogen) atoms. The molecule has 0 bridgehead atoms. The zero-order valence-corrected chi connectivity index (χ0v) is 8.74. The molecule has 6 heteroatoms. The van der Waals surface area contributed by atoms with Crippen LogP contribution in [0.2, 0.25) is 0 Å². The minimum atomic E-state index is -0.465. The van der Waals surface area contributed by atoms with E-state index in [1.165, 1.54) is 6.07 Å². The SMILES string of the molecule is CNc1cc2c(cc1[N+](=O)[O-])NC(=O)CC2. The van der Waals surface area contributed by atoms with Gasteiger partial charge in [0.25, 0.3) is 5.69 Å². The van der Waals surface area contributed by atoms with Crippen molar-refractivity contribution in [2.75, 3.05) is 17.7 Å². The number of nitro groups is 1. The van der Waals surface area contributed by atoms with Crippen LogP contribution in [0.1, 0.15) is 12.0 Å². The second-order valence-corrected chi connectivity index (χ2v) is 3.58.